The Morgan fingerprint density at radius 1 is 1.30 bits per heavy atom. The predicted octanol–water partition coefficient (Wildman–Crippen LogP) is 0.494. The van der Waals surface area contributed by atoms with Crippen LogP contribution in [0.15, 0.2) is 65.8 Å². The van der Waals surface area contributed by atoms with E-state index < -0.39 is 6.10 Å². The molecule has 0 saturated heterocycles. The summed E-state index contributed by atoms with van der Waals surface area (Å²) in [5.74, 6) is 0.133. The van der Waals surface area contributed by atoms with Gasteiger partial charge in [-0.2, -0.15) is 0 Å². The molecule has 0 amide bonds. The minimum Gasteiger partial charge on any atom is -1.00 e. The molecule has 1 aliphatic carbocycles. The Hall–Kier alpha value is -1.68. The summed E-state index contributed by atoms with van der Waals surface area (Å²) in [5, 5.41) is 12.4. The molecule has 0 aromatic heterocycles. The Morgan fingerprint density at radius 3 is 2.59 bits per heavy atom. The van der Waals surface area contributed by atoms with Gasteiger partial charge in [-0.25, -0.2) is 0 Å². The number of aliphatic hydroxyl groups is 1. The lowest BCUT2D eigenvalue weighted by atomic mass is 9.75. The third kappa shape index (κ3) is 6.76. The van der Waals surface area contributed by atoms with Gasteiger partial charge in [0.05, 0.1) is 13.0 Å². The maximum absolute atomic E-state index is 12.2. The number of hydrogen-bond donors (Lipinski definition) is 2. The average Bonchev–Trinajstić information content (AvgIpc) is 2.60. The highest BCUT2D eigenvalue weighted by Gasteiger charge is 2.24. The van der Waals surface area contributed by atoms with Crippen molar-refractivity contribution in [3.63, 3.8) is 0 Å². The standard InChI is InChI=1S/C23H31NO2.ClH/c1-17-9-8-15-23(3,4)21(17)13-12-20(25)14-16-24-18(2)22(26)19-10-6-5-7-11-19;/h5-13,18,22,24,26H,14-16H2,1-4H3;1H/b13-12+;. The van der Waals surface area contributed by atoms with Gasteiger partial charge in [0, 0.05) is 0 Å². The minimum absolute atomic E-state index is 0. The van der Waals surface area contributed by atoms with Crippen molar-refractivity contribution in [2.75, 3.05) is 6.54 Å². The SMILES string of the molecule is CC1=C(/C=C/C(=O)CC[NH2+]C(C)C(O)c2ccccc2)C(C)(C)CC=C1.[Cl-]. The normalized spacial score (nSPS) is 18.3. The van der Waals surface area contributed by atoms with Gasteiger partial charge in [0.2, 0.25) is 0 Å². The molecule has 2 unspecified atom stereocenters. The fraction of sp³-hybridized carbons (Fsp3) is 0.435. The van der Waals surface area contributed by atoms with E-state index in [1.165, 1.54) is 11.1 Å². The number of hydrogen-bond acceptors (Lipinski definition) is 2. The van der Waals surface area contributed by atoms with E-state index in [9.17, 15) is 9.90 Å². The zero-order valence-electron chi connectivity index (χ0n) is 16.8. The summed E-state index contributed by atoms with van der Waals surface area (Å²) >= 11 is 0. The van der Waals surface area contributed by atoms with E-state index in [0.29, 0.717) is 13.0 Å². The molecule has 0 spiro atoms. The van der Waals surface area contributed by atoms with Gasteiger partial charge < -0.3 is 22.8 Å². The van der Waals surface area contributed by atoms with Crippen LogP contribution in [0.3, 0.4) is 0 Å². The first-order valence-electron chi connectivity index (χ1n) is 9.46. The largest absolute Gasteiger partial charge is 1.00 e. The zero-order chi connectivity index (χ0) is 19.2. The van der Waals surface area contributed by atoms with Crippen LogP contribution in [0.4, 0.5) is 0 Å². The smallest absolute Gasteiger partial charge is 0.161 e. The van der Waals surface area contributed by atoms with Gasteiger partial charge in [0.1, 0.15) is 12.1 Å². The molecule has 1 aliphatic rings. The number of ketones is 1. The van der Waals surface area contributed by atoms with Crippen LogP contribution in [-0.2, 0) is 4.79 Å². The number of carbonyl (C=O) groups is 1. The van der Waals surface area contributed by atoms with Crippen LogP contribution < -0.4 is 17.7 Å². The maximum atomic E-state index is 12.2. The molecule has 3 nitrogen and oxygen atoms in total. The van der Waals surface area contributed by atoms with Gasteiger partial charge in [-0.1, -0.05) is 62.4 Å². The Kier molecular flexibility index (Phi) is 9.17. The number of halogens is 1. The van der Waals surface area contributed by atoms with Crippen LogP contribution in [0.5, 0.6) is 0 Å². The molecule has 3 N–H and O–H groups in total. The number of benzene rings is 1. The van der Waals surface area contributed by atoms with Crippen molar-refractivity contribution in [2.24, 2.45) is 5.41 Å². The third-order valence-electron chi connectivity index (χ3n) is 5.15. The summed E-state index contributed by atoms with van der Waals surface area (Å²) in [6, 6.07) is 9.67. The molecular weight excluding hydrogens is 358 g/mol. The summed E-state index contributed by atoms with van der Waals surface area (Å²) in [4.78, 5) is 12.2. The number of quaternary nitrogens is 1. The number of allylic oxidation sites excluding steroid dienone is 6. The van der Waals surface area contributed by atoms with Crippen LogP contribution in [-0.4, -0.2) is 23.5 Å². The molecule has 1 aromatic rings. The van der Waals surface area contributed by atoms with Gasteiger partial charge in [-0.05, 0) is 48.5 Å². The summed E-state index contributed by atoms with van der Waals surface area (Å²) in [5.41, 5.74) is 3.47. The Morgan fingerprint density at radius 2 is 1.96 bits per heavy atom. The van der Waals surface area contributed by atoms with Gasteiger partial charge in [0.15, 0.2) is 5.78 Å². The molecule has 148 valence electrons. The lowest BCUT2D eigenvalue weighted by Crippen LogP contribution is -3.00. The third-order valence-corrected chi connectivity index (χ3v) is 5.15. The van der Waals surface area contributed by atoms with E-state index in [1.807, 2.05) is 48.6 Å². The molecule has 4 heteroatoms. The highest BCUT2D eigenvalue weighted by Crippen LogP contribution is 2.37. The average molecular weight is 390 g/mol. The zero-order valence-corrected chi connectivity index (χ0v) is 17.5. The second-order valence-corrected chi connectivity index (χ2v) is 7.88. The summed E-state index contributed by atoms with van der Waals surface area (Å²) < 4.78 is 0. The minimum atomic E-state index is -0.524. The van der Waals surface area contributed by atoms with Crippen LogP contribution >= 0.6 is 0 Å². The molecule has 0 saturated carbocycles. The Balaban J connectivity index is 0.00000364. The first-order valence-corrected chi connectivity index (χ1v) is 9.46. The number of aliphatic hydroxyl groups excluding tert-OH is 1. The lowest BCUT2D eigenvalue weighted by Gasteiger charge is -2.29. The molecule has 0 fully saturated rings. The van der Waals surface area contributed by atoms with Crippen LogP contribution in [0.2, 0.25) is 0 Å². The molecule has 0 radical (unpaired) electrons. The van der Waals surface area contributed by atoms with Crippen molar-refractivity contribution in [3.05, 3.63) is 71.3 Å². The van der Waals surface area contributed by atoms with E-state index in [1.54, 1.807) is 6.08 Å². The maximum Gasteiger partial charge on any atom is 0.161 e. The molecule has 0 aliphatic heterocycles. The highest BCUT2D eigenvalue weighted by molar-refractivity contribution is 5.90. The van der Waals surface area contributed by atoms with Crippen molar-refractivity contribution < 1.29 is 27.6 Å². The first-order chi connectivity index (χ1) is 12.3. The number of carbonyl (C=O) groups excluding carboxylic acids is 1. The van der Waals surface area contributed by atoms with Crippen LogP contribution in [0.25, 0.3) is 0 Å². The van der Waals surface area contributed by atoms with Crippen molar-refractivity contribution in [1.82, 2.24) is 0 Å². The molecular formula is C23H32ClNO2. The van der Waals surface area contributed by atoms with Gasteiger partial charge in [-0.15, -0.1) is 0 Å². The second-order valence-electron chi connectivity index (χ2n) is 7.88. The van der Waals surface area contributed by atoms with E-state index in [0.717, 1.165) is 12.0 Å². The molecule has 0 heterocycles. The molecule has 27 heavy (non-hydrogen) atoms. The molecule has 2 atom stereocenters. The van der Waals surface area contributed by atoms with Crippen molar-refractivity contribution in [2.45, 2.75) is 52.7 Å². The van der Waals surface area contributed by atoms with E-state index in [4.69, 9.17) is 0 Å². The number of nitrogens with two attached hydrogens (primary N) is 1. The van der Waals surface area contributed by atoms with E-state index in [-0.39, 0.29) is 29.6 Å². The van der Waals surface area contributed by atoms with E-state index >= 15 is 0 Å². The van der Waals surface area contributed by atoms with Crippen molar-refractivity contribution in [3.8, 4) is 0 Å². The molecule has 0 bridgehead atoms. The van der Waals surface area contributed by atoms with Crippen LogP contribution in [0, 0.1) is 5.41 Å². The summed E-state index contributed by atoms with van der Waals surface area (Å²) in [7, 11) is 0. The van der Waals surface area contributed by atoms with Crippen molar-refractivity contribution in [1.29, 1.82) is 0 Å². The van der Waals surface area contributed by atoms with Gasteiger partial charge in [0.25, 0.3) is 0 Å². The number of rotatable bonds is 8. The lowest BCUT2D eigenvalue weighted by molar-refractivity contribution is -0.693. The topological polar surface area (TPSA) is 53.9 Å². The van der Waals surface area contributed by atoms with Gasteiger partial charge >= 0.3 is 0 Å². The first kappa shape index (κ1) is 23.4. The second kappa shape index (κ2) is 10.6. The van der Waals surface area contributed by atoms with E-state index in [2.05, 4.69) is 32.9 Å². The Bertz CT molecular complexity index is 704. The van der Waals surface area contributed by atoms with Crippen molar-refractivity contribution >= 4 is 5.78 Å². The van der Waals surface area contributed by atoms with Crippen LogP contribution in [0.1, 0.15) is 52.2 Å². The highest BCUT2D eigenvalue weighted by atomic mass is 35.5. The molecule has 1 aromatic carbocycles. The Labute approximate surface area is 169 Å². The molecule has 2 rings (SSSR count). The monoisotopic (exact) mass is 389 g/mol. The van der Waals surface area contributed by atoms with Gasteiger partial charge in [-0.3, -0.25) is 4.79 Å². The fourth-order valence-electron chi connectivity index (χ4n) is 3.45. The predicted molar refractivity (Wildman–Crippen MR) is 107 cm³/mol. The summed E-state index contributed by atoms with van der Waals surface area (Å²) in [6.07, 6.45) is 8.99. The summed E-state index contributed by atoms with van der Waals surface area (Å²) in [6.45, 7) is 9.19. The fourth-order valence-corrected chi connectivity index (χ4v) is 3.45. The quantitative estimate of drug-likeness (QED) is 0.636.